The number of sulfone groups is 1. The highest BCUT2D eigenvalue weighted by atomic mass is 32.2. The quantitative estimate of drug-likeness (QED) is 0.410. The Bertz CT molecular complexity index is 634. The molecule has 0 bridgehead atoms. The summed E-state index contributed by atoms with van der Waals surface area (Å²) in [6, 6.07) is 0.290. The molecular formula is C21H42N4O3S. The molecular weight excluding hydrogens is 388 g/mol. The first-order valence-electron chi connectivity index (χ1n) is 11.0. The largest absolute Gasteiger partial charge is 0.357 e. The van der Waals surface area contributed by atoms with Crippen molar-refractivity contribution in [1.82, 2.24) is 15.5 Å². The Kier molecular flexibility index (Phi) is 10.4. The normalized spacial score (nSPS) is 16.9. The van der Waals surface area contributed by atoms with Crippen molar-refractivity contribution < 1.29 is 13.2 Å². The Morgan fingerprint density at radius 3 is 2.24 bits per heavy atom. The molecule has 0 aromatic rings. The van der Waals surface area contributed by atoms with Gasteiger partial charge in [-0.05, 0) is 44.4 Å². The highest BCUT2D eigenvalue weighted by molar-refractivity contribution is 7.90. The molecule has 1 fully saturated rings. The van der Waals surface area contributed by atoms with Crippen molar-refractivity contribution >= 4 is 21.7 Å². The number of likely N-dealkylation sites (tertiary alicyclic amines) is 1. The van der Waals surface area contributed by atoms with Crippen LogP contribution < -0.4 is 10.6 Å². The summed E-state index contributed by atoms with van der Waals surface area (Å²) in [7, 11) is -2.96. The maximum absolute atomic E-state index is 12.6. The highest BCUT2D eigenvalue weighted by Gasteiger charge is 2.27. The number of nitrogens with one attached hydrogen (secondary N) is 2. The lowest BCUT2D eigenvalue weighted by Crippen LogP contribution is -2.50. The second-order valence-electron chi connectivity index (χ2n) is 9.00. The zero-order valence-electron chi connectivity index (χ0n) is 19.3. The van der Waals surface area contributed by atoms with E-state index in [9.17, 15) is 13.2 Å². The van der Waals surface area contributed by atoms with Gasteiger partial charge in [0.1, 0.15) is 9.84 Å². The first kappa shape index (κ1) is 25.7. The van der Waals surface area contributed by atoms with E-state index in [4.69, 9.17) is 4.99 Å². The van der Waals surface area contributed by atoms with E-state index in [2.05, 4.69) is 24.5 Å². The van der Waals surface area contributed by atoms with Gasteiger partial charge in [-0.25, -0.2) is 8.42 Å². The Morgan fingerprint density at radius 2 is 1.76 bits per heavy atom. The number of guanidine groups is 1. The molecule has 170 valence electrons. The predicted molar refractivity (Wildman–Crippen MR) is 121 cm³/mol. The number of aliphatic imine (C=N–C) groups is 1. The van der Waals surface area contributed by atoms with Crippen molar-refractivity contribution in [2.45, 2.75) is 72.8 Å². The summed E-state index contributed by atoms with van der Waals surface area (Å²) in [5, 5.41) is 6.79. The molecule has 8 heteroatoms. The number of hydrogen-bond donors (Lipinski definition) is 2. The van der Waals surface area contributed by atoms with Crippen LogP contribution in [-0.4, -0.2) is 69.4 Å². The van der Waals surface area contributed by atoms with Crippen LogP contribution in [0.15, 0.2) is 4.99 Å². The number of nitrogens with zero attached hydrogens (tertiary/aromatic N) is 2. The molecule has 0 aromatic carbocycles. The number of hydrogen-bond acceptors (Lipinski definition) is 4. The lowest BCUT2D eigenvalue weighted by molar-refractivity contribution is -0.136. The van der Waals surface area contributed by atoms with Gasteiger partial charge in [0.2, 0.25) is 5.91 Å². The molecule has 2 N–H and O–H groups in total. The molecule has 0 unspecified atom stereocenters. The van der Waals surface area contributed by atoms with E-state index in [1.807, 2.05) is 25.7 Å². The van der Waals surface area contributed by atoms with Crippen molar-refractivity contribution in [1.29, 1.82) is 0 Å². The number of rotatable bonds is 10. The molecule has 1 aliphatic heterocycles. The van der Waals surface area contributed by atoms with E-state index in [1.165, 1.54) is 6.26 Å². The van der Waals surface area contributed by atoms with E-state index < -0.39 is 9.84 Å². The molecule has 1 amide bonds. The van der Waals surface area contributed by atoms with Crippen LogP contribution in [0.5, 0.6) is 0 Å². The van der Waals surface area contributed by atoms with Crippen LogP contribution >= 0.6 is 0 Å². The third-order valence-corrected chi connectivity index (χ3v) is 6.59. The second-order valence-corrected chi connectivity index (χ2v) is 11.3. The molecule has 0 aromatic heterocycles. The molecule has 0 atom stereocenters. The minimum absolute atomic E-state index is 0.146. The van der Waals surface area contributed by atoms with Crippen LogP contribution in [0.1, 0.15) is 66.7 Å². The molecule has 1 heterocycles. The Labute approximate surface area is 178 Å². The maximum atomic E-state index is 12.6. The molecule has 0 saturated carbocycles. The van der Waals surface area contributed by atoms with Gasteiger partial charge in [-0.15, -0.1) is 0 Å². The SMILES string of the molecule is CCNC(=NCC(C)(C)CCS(C)(=O)=O)NC1CCN(C(=O)C(CC)CC)CC1. The summed E-state index contributed by atoms with van der Waals surface area (Å²) in [6.45, 7) is 13.2. The fourth-order valence-electron chi connectivity index (χ4n) is 3.49. The van der Waals surface area contributed by atoms with Crippen molar-refractivity contribution in [2.75, 3.05) is 38.2 Å². The number of carbonyl (C=O) groups is 1. The average Bonchev–Trinajstić information content (AvgIpc) is 2.66. The third kappa shape index (κ3) is 9.83. The minimum atomic E-state index is -2.96. The van der Waals surface area contributed by atoms with E-state index in [-0.39, 0.29) is 23.1 Å². The van der Waals surface area contributed by atoms with Gasteiger partial charge in [-0.3, -0.25) is 9.79 Å². The fourth-order valence-corrected chi connectivity index (χ4v) is 4.41. The van der Waals surface area contributed by atoms with Gasteiger partial charge in [-0.1, -0.05) is 27.7 Å². The zero-order valence-corrected chi connectivity index (χ0v) is 20.1. The van der Waals surface area contributed by atoms with Gasteiger partial charge in [0, 0.05) is 44.4 Å². The first-order chi connectivity index (χ1) is 13.5. The minimum Gasteiger partial charge on any atom is -0.357 e. The van der Waals surface area contributed by atoms with Gasteiger partial charge in [0.05, 0.1) is 5.75 Å². The Hall–Kier alpha value is -1.31. The smallest absolute Gasteiger partial charge is 0.225 e. The van der Waals surface area contributed by atoms with Crippen LogP contribution in [0, 0.1) is 11.3 Å². The van der Waals surface area contributed by atoms with Crippen molar-refractivity contribution in [3.8, 4) is 0 Å². The Morgan fingerprint density at radius 1 is 1.17 bits per heavy atom. The molecule has 0 spiro atoms. The van der Waals surface area contributed by atoms with Gasteiger partial charge >= 0.3 is 0 Å². The predicted octanol–water partition coefficient (Wildman–Crippen LogP) is 2.43. The Balaban J connectivity index is 2.60. The summed E-state index contributed by atoms with van der Waals surface area (Å²) >= 11 is 0. The molecule has 0 radical (unpaired) electrons. The monoisotopic (exact) mass is 430 g/mol. The summed E-state index contributed by atoms with van der Waals surface area (Å²) in [4.78, 5) is 19.3. The third-order valence-electron chi connectivity index (χ3n) is 5.64. The first-order valence-corrected chi connectivity index (χ1v) is 13.1. The summed E-state index contributed by atoms with van der Waals surface area (Å²) in [6.07, 6.45) is 5.49. The molecule has 1 rings (SSSR count). The van der Waals surface area contributed by atoms with E-state index >= 15 is 0 Å². The summed E-state index contributed by atoms with van der Waals surface area (Å²) < 4.78 is 22.9. The van der Waals surface area contributed by atoms with E-state index in [0.717, 1.165) is 51.3 Å². The lowest BCUT2D eigenvalue weighted by atomic mass is 9.90. The molecule has 7 nitrogen and oxygen atoms in total. The van der Waals surface area contributed by atoms with Crippen molar-refractivity contribution in [2.24, 2.45) is 16.3 Å². The number of amides is 1. The highest BCUT2D eigenvalue weighted by Crippen LogP contribution is 2.22. The number of piperidine rings is 1. The molecule has 1 saturated heterocycles. The second kappa shape index (κ2) is 11.8. The number of carbonyl (C=O) groups excluding carboxylic acids is 1. The fraction of sp³-hybridized carbons (Fsp3) is 0.905. The van der Waals surface area contributed by atoms with Crippen molar-refractivity contribution in [3.63, 3.8) is 0 Å². The van der Waals surface area contributed by atoms with Crippen LogP contribution in [0.3, 0.4) is 0 Å². The summed E-state index contributed by atoms with van der Waals surface area (Å²) in [5.74, 6) is 1.39. The molecule has 0 aliphatic carbocycles. The molecule has 1 aliphatic rings. The van der Waals surface area contributed by atoms with E-state index in [0.29, 0.717) is 18.9 Å². The van der Waals surface area contributed by atoms with Gasteiger partial charge in [-0.2, -0.15) is 0 Å². The van der Waals surface area contributed by atoms with Crippen LogP contribution in [-0.2, 0) is 14.6 Å². The van der Waals surface area contributed by atoms with Crippen LogP contribution in [0.2, 0.25) is 0 Å². The standard InChI is InChI=1S/C21H42N4O3S/c1-7-17(8-2)19(26)25-13-10-18(11-14-25)24-20(22-9-3)23-16-21(4,5)12-15-29(6,27)28/h17-18H,7-16H2,1-6H3,(H2,22,23,24). The van der Waals surface area contributed by atoms with Crippen LogP contribution in [0.25, 0.3) is 0 Å². The van der Waals surface area contributed by atoms with Gasteiger partial charge < -0.3 is 15.5 Å². The summed E-state index contributed by atoms with van der Waals surface area (Å²) in [5.41, 5.74) is -0.184. The average molecular weight is 431 g/mol. The zero-order chi connectivity index (χ0) is 22.1. The maximum Gasteiger partial charge on any atom is 0.225 e. The van der Waals surface area contributed by atoms with Gasteiger partial charge in [0.15, 0.2) is 5.96 Å². The van der Waals surface area contributed by atoms with Crippen molar-refractivity contribution in [3.05, 3.63) is 0 Å². The molecule has 29 heavy (non-hydrogen) atoms. The topological polar surface area (TPSA) is 90.9 Å². The van der Waals surface area contributed by atoms with Gasteiger partial charge in [0.25, 0.3) is 0 Å². The van der Waals surface area contributed by atoms with E-state index in [1.54, 1.807) is 0 Å². The van der Waals surface area contributed by atoms with Crippen LogP contribution in [0.4, 0.5) is 0 Å². The lowest BCUT2D eigenvalue weighted by Gasteiger charge is -2.35.